The minimum absolute atomic E-state index is 0. The van der Waals surface area contributed by atoms with Crippen LogP contribution >= 0.6 is 24.0 Å². The molecule has 2 heterocycles. The fourth-order valence-corrected chi connectivity index (χ4v) is 2.54. The van der Waals surface area contributed by atoms with Crippen LogP contribution in [0, 0.1) is 0 Å². The maximum absolute atomic E-state index is 12.0. The Morgan fingerprint density at radius 2 is 2.28 bits per heavy atom. The van der Waals surface area contributed by atoms with Crippen LogP contribution in [0.15, 0.2) is 4.99 Å². The van der Waals surface area contributed by atoms with Crippen LogP contribution in [0.5, 0.6) is 0 Å². The fraction of sp³-hybridized carbons (Fsp3) is 0.917. The molecule has 0 saturated carbocycles. The third-order valence-electron chi connectivity index (χ3n) is 3.33. The summed E-state index contributed by atoms with van der Waals surface area (Å²) in [7, 11) is 0. The van der Waals surface area contributed by atoms with Gasteiger partial charge in [-0.3, -0.25) is 9.38 Å². The van der Waals surface area contributed by atoms with E-state index in [0.717, 1.165) is 25.3 Å². The quantitative estimate of drug-likeness (QED) is 0.336. The standard InChI is InChI=1S/C12H22FN3O.HI/c1-2-14-12(15-7-3-6-13)16-10-8-9-4-5-11(10)17-9;/h9-11H,2-8H2,1H3,(H2,14,15,16);1H. The van der Waals surface area contributed by atoms with E-state index in [1.807, 2.05) is 6.92 Å². The Labute approximate surface area is 125 Å². The van der Waals surface area contributed by atoms with Gasteiger partial charge in [-0.15, -0.1) is 24.0 Å². The highest BCUT2D eigenvalue weighted by Crippen LogP contribution is 2.34. The molecule has 0 aromatic heterocycles. The zero-order valence-corrected chi connectivity index (χ0v) is 13.2. The van der Waals surface area contributed by atoms with Gasteiger partial charge in [-0.2, -0.15) is 0 Å². The van der Waals surface area contributed by atoms with Crippen LogP contribution in [-0.4, -0.2) is 44.0 Å². The number of nitrogens with zero attached hydrogens (tertiary/aromatic N) is 1. The average molecular weight is 371 g/mol. The third kappa shape index (κ3) is 4.22. The maximum Gasteiger partial charge on any atom is 0.191 e. The van der Waals surface area contributed by atoms with Crippen molar-refractivity contribution in [2.75, 3.05) is 19.8 Å². The molecule has 6 heteroatoms. The Balaban J connectivity index is 0.00000162. The molecule has 2 N–H and O–H groups in total. The summed E-state index contributed by atoms with van der Waals surface area (Å²) in [5.74, 6) is 0.794. The van der Waals surface area contributed by atoms with Gasteiger partial charge in [-0.05, 0) is 32.6 Å². The van der Waals surface area contributed by atoms with Crippen molar-refractivity contribution >= 4 is 29.9 Å². The fourth-order valence-electron chi connectivity index (χ4n) is 2.54. The van der Waals surface area contributed by atoms with Crippen LogP contribution in [0.4, 0.5) is 4.39 Å². The van der Waals surface area contributed by atoms with Gasteiger partial charge >= 0.3 is 0 Å². The van der Waals surface area contributed by atoms with E-state index in [-0.39, 0.29) is 30.7 Å². The topological polar surface area (TPSA) is 45.7 Å². The lowest BCUT2D eigenvalue weighted by Gasteiger charge is -2.22. The number of aliphatic imine (C=N–C) groups is 1. The molecule has 0 aromatic rings. The van der Waals surface area contributed by atoms with Crippen LogP contribution in [0.3, 0.4) is 0 Å². The van der Waals surface area contributed by atoms with Gasteiger partial charge in [0, 0.05) is 13.1 Å². The minimum atomic E-state index is -0.305. The molecular weight excluding hydrogens is 348 g/mol. The second-order valence-corrected chi connectivity index (χ2v) is 4.66. The predicted molar refractivity (Wildman–Crippen MR) is 81.4 cm³/mol. The first-order valence-electron chi connectivity index (χ1n) is 6.59. The zero-order valence-electron chi connectivity index (χ0n) is 10.8. The number of nitrogens with one attached hydrogen (secondary N) is 2. The summed E-state index contributed by atoms with van der Waals surface area (Å²) >= 11 is 0. The van der Waals surface area contributed by atoms with Gasteiger partial charge in [-0.1, -0.05) is 0 Å². The molecule has 0 spiro atoms. The van der Waals surface area contributed by atoms with E-state index in [1.54, 1.807) is 0 Å². The number of guanidine groups is 1. The first kappa shape index (κ1) is 15.9. The lowest BCUT2D eigenvalue weighted by molar-refractivity contribution is 0.0992. The van der Waals surface area contributed by atoms with E-state index in [0.29, 0.717) is 31.2 Å². The predicted octanol–water partition coefficient (Wildman–Crippen LogP) is 1.84. The molecule has 4 nitrogen and oxygen atoms in total. The van der Waals surface area contributed by atoms with E-state index in [1.165, 1.54) is 6.42 Å². The molecule has 2 fully saturated rings. The summed E-state index contributed by atoms with van der Waals surface area (Å²) in [6.07, 6.45) is 4.67. The third-order valence-corrected chi connectivity index (χ3v) is 3.33. The summed E-state index contributed by atoms with van der Waals surface area (Å²) in [6.45, 7) is 3.08. The second kappa shape index (κ2) is 8.14. The lowest BCUT2D eigenvalue weighted by Crippen LogP contribution is -2.47. The van der Waals surface area contributed by atoms with Gasteiger partial charge in [0.2, 0.25) is 0 Å². The van der Waals surface area contributed by atoms with Gasteiger partial charge in [-0.25, -0.2) is 0 Å². The SMILES string of the molecule is CCNC(=NCCCF)NC1CC2CCC1O2.I. The largest absolute Gasteiger partial charge is 0.373 e. The van der Waals surface area contributed by atoms with Crippen molar-refractivity contribution in [3.8, 4) is 0 Å². The molecule has 0 amide bonds. The first-order chi connectivity index (χ1) is 8.33. The van der Waals surface area contributed by atoms with Crippen LogP contribution in [0.1, 0.15) is 32.6 Å². The van der Waals surface area contributed by atoms with E-state index in [2.05, 4.69) is 15.6 Å². The van der Waals surface area contributed by atoms with Crippen molar-refractivity contribution in [1.82, 2.24) is 10.6 Å². The zero-order chi connectivity index (χ0) is 12.1. The number of halogens is 2. The monoisotopic (exact) mass is 371 g/mol. The van der Waals surface area contributed by atoms with Gasteiger partial charge in [0.15, 0.2) is 5.96 Å². The van der Waals surface area contributed by atoms with Gasteiger partial charge in [0.05, 0.1) is 24.9 Å². The van der Waals surface area contributed by atoms with E-state index < -0.39 is 0 Å². The average Bonchev–Trinajstić information content (AvgIpc) is 2.91. The number of rotatable bonds is 5. The normalized spacial score (nSPS) is 30.1. The number of fused-ring (bicyclic) bond motifs is 2. The summed E-state index contributed by atoms with van der Waals surface area (Å²) in [5.41, 5.74) is 0. The van der Waals surface area contributed by atoms with Crippen molar-refractivity contribution in [3.05, 3.63) is 0 Å². The highest BCUT2D eigenvalue weighted by atomic mass is 127. The summed E-state index contributed by atoms with van der Waals surface area (Å²) in [5, 5.41) is 6.59. The summed E-state index contributed by atoms with van der Waals surface area (Å²) in [4.78, 5) is 4.35. The molecule has 0 aliphatic carbocycles. The first-order valence-corrected chi connectivity index (χ1v) is 6.59. The molecule has 3 unspecified atom stereocenters. The van der Waals surface area contributed by atoms with Crippen LogP contribution in [0.25, 0.3) is 0 Å². The van der Waals surface area contributed by atoms with Crippen molar-refractivity contribution in [3.63, 3.8) is 0 Å². The summed E-state index contributed by atoms with van der Waals surface area (Å²) < 4.78 is 17.8. The van der Waals surface area contributed by atoms with Crippen molar-refractivity contribution < 1.29 is 9.13 Å². The Bertz CT molecular complexity index is 278. The van der Waals surface area contributed by atoms with E-state index in [9.17, 15) is 4.39 Å². The van der Waals surface area contributed by atoms with Crippen LogP contribution < -0.4 is 10.6 Å². The van der Waals surface area contributed by atoms with Gasteiger partial charge < -0.3 is 15.4 Å². The van der Waals surface area contributed by atoms with Gasteiger partial charge in [0.1, 0.15) is 0 Å². The van der Waals surface area contributed by atoms with Crippen molar-refractivity contribution in [1.29, 1.82) is 0 Å². The van der Waals surface area contributed by atoms with Crippen molar-refractivity contribution in [2.24, 2.45) is 4.99 Å². The second-order valence-electron chi connectivity index (χ2n) is 4.66. The van der Waals surface area contributed by atoms with Crippen LogP contribution in [-0.2, 0) is 4.74 Å². The number of hydrogen-bond donors (Lipinski definition) is 2. The molecule has 0 radical (unpaired) electrons. The molecule has 2 aliphatic rings. The molecule has 106 valence electrons. The molecule has 3 atom stereocenters. The molecule has 18 heavy (non-hydrogen) atoms. The Kier molecular flexibility index (Phi) is 7.21. The Morgan fingerprint density at radius 3 is 2.83 bits per heavy atom. The molecular formula is C12H23FIN3O. The maximum atomic E-state index is 12.0. The van der Waals surface area contributed by atoms with Crippen LogP contribution in [0.2, 0.25) is 0 Å². The number of hydrogen-bond acceptors (Lipinski definition) is 2. The van der Waals surface area contributed by atoms with E-state index in [4.69, 9.17) is 4.74 Å². The smallest absolute Gasteiger partial charge is 0.191 e. The molecule has 2 bridgehead atoms. The molecule has 2 aliphatic heterocycles. The highest BCUT2D eigenvalue weighted by molar-refractivity contribution is 14.0. The Morgan fingerprint density at radius 1 is 1.44 bits per heavy atom. The summed E-state index contributed by atoms with van der Waals surface area (Å²) in [6, 6.07) is 0.372. The minimum Gasteiger partial charge on any atom is -0.373 e. The van der Waals surface area contributed by atoms with E-state index >= 15 is 0 Å². The molecule has 2 saturated heterocycles. The number of alkyl halides is 1. The number of ether oxygens (including phenoxy) is 1. The molecule has 0 aromatic carbocycles. The Hall–Kier alpha value is -0.110. The van der Waals surface area contributed by atoms with Gasteiger partial charge in [0.25, 0.3) is 0 Å². The lowest BCUT2D eigenvalue weighted by atomic mass is 9.96. The molecule has 2 rings (SSSR count). The highest BCUT2D eigenvalue weighted by Gasteiger charge is 2.41. The van der Waals surface area contributed by atoms with Crippen molar-refractivity contribution in [2.45, 2.75) is 50.9 Å².